The number of nitrogens with zero attached hydrogens (tertiary/aromatic N) is 1. The standard InChI is InChI=1S/C11H7F3N2/c12-8-4-10(15)9(13)3-7(8)6-1-2-11(14)16-5-6/h1-5H,15H2. The molecular weight excluding hydrogens is 217 g/mol. The van der Waals surface area contributed by atoms with Crippen LogP contribution >= 0.6 is 0 Å². The van der Waals surface area contributed by atoms with Crippen molar-refractivity contribution in [2.24, 2.45) is 0 Å². The summed E-state index contributed by atoms with van der Waals surface area (Å²) in [7, 11) is 0. The molecule has 1 aromatic carbocycles. The Bertz CT molecular complexity index is 523. The van der Waals surface area contributed by atoms with Gasteiger partial charge in [0, 0.05) is 23.4 Å². The second-order valence-electron chi connectivity index (χ2n) is 3.22. The van der Waals surface area contributed by atoms with Crippen LogP contribution in [-0.4, -0.2) is 4.98 Å². The van der Waals surface area contributed by atoms with Crippen LogP contribution in [0.2, 0.25) is 0 Å². The van der Waals surface area contributed by atoms with Gasteiger partial charge in [0.2, 0.25) is 5.95 Å². The molecule has 2 rings (SSSR count). The van der Waals surface area contributed by atoms with E-state index in [1.54, 1.807) is 0 Å². The van der Waals surface area contributed by atoms with Crippen molar-refractivity contribution in [3.05, 3.63) is 48.0 Å². The molecule has 5 heteroatoms. The highest BCUT2D eigenvalue weighted by molar-refractivity contribution is 5.65. The molecule has 0 spiro atoms. The fraction of sp³-hybridized carbons (Fsp3) is 0. The minimum atomic E-state index is -0.722. The fourth-order valence-corrected chi connectivity index (χ4v) is 1.32. The normalized spacial score (nSPS) is 10.4. The summed E-state index contributed by atoms with van der Waals surface area (Å²) in [4.78, 5) is 3.36. The lowest BCUT2D eigenvalue weighted by molar-refractivity contribution is 0.583. The highest BCUT2D eigenvalue weighted by atomic mass is 19.1. The predicted molar refractivity (Wildman–Crippen MR) is 54.0 cm³/mol. The van der Waals surface area contributed by atoms with Gasteiger partial charge in [-0.2, -0.15) is 4.39 Å². The summed E-state index contributed by atoms with van der Waals surface area (Å²) >= 11 is 0. The maximum atomic E-state index is 13.4. The van der Waals surface area contributed by atoms with Gasteiger partial charge in [0.25, 0.3) is 0 Å². The Kier molecular flexibility index (Phi) is 2.52. The molecule has 0 unspecified atom stereocenters. The van der Waals surface area contributed by atoms with Gasteiger partial charge in [0.05, 0.1) is 5.69 Å². The van der Waals surface area contributed by atoms with Gasteiger partial charge in [-0.05, 0) is 18.2 Å². The molecule has 0 saturated carbocycles. The Morgan fingerprint density at radius 2 is 1.75 bits per heavy atom. The van der Waals surface area contributed by atoms with Gasteiger partial charge in [-0.3, -0.25) is 0 Å². The third kappa shape index (κ3) is 1.84. The van der Waals surface area contributed by atoms with Crippen molar-refractivity contribution in [1.82, 2.24) is 4.98 Å². The summed E-state index contributed by atoms with van der Waals surface area (Å²) in [6, 6.07) is 4.23. The third-order valence-corrected chi connectivity index (χ3v) is 2.12. The van der Waals surface area contributed by atoms with Crippen LogP contribution in [0.1, 0.15) is 0 Å². The van der Waals surface area contributed by atoms with E-state index in [-0.39, 0.29) is 16.8 Å². The van der Waals surface area contributed by atoms with Crippen LogP contribution in [-0.2, 0) is 0 Å². The molecule has 2 aromatic rings. The number of nitrogen functional groups attached to an aromatic ring is 1. The van der Waals surface area contributed by atoms with Crippen molar-refractivity contribution in [3.63, 3.8) is 0 Å². The van der Waals surface area contributed by atoms with Crippen LogP contribution in [0, 0.1) is 17.6 Å². The Labute approximate surface area is 89.5 Å². The minimum absolute atomic E-state index is 0.000741. The van der Waals surface area contributed by atoms with Crippen LogP contribution in [0.3, 0.4) is 0 Å². The zero-order valence-electron chi connectivity index (χ0n) is 8.05. The number of hydrogen-bond acceptors (Lipinski definition) is 2. The van der Waals surface area contributed by atoms with E-state index in [0.29, 0.717) is 0 Å². The summed E-state index contributed by atoms with van der Waals surface area (Å²) in [5.74, 6) is -2.08. The number of anilines is 1. The smallest absolute Gasteiger partial charge is 0.212 e. The Morgan fingerprint density at radius 1 is 1.00 bits per heavy atom. The molecule has 82 valence electrons. The van der Waals surface area contributed by atoms with Gasteiger partial charge in [0.15, 0.2) is 0 Å². The molecule has 0 aliphatic heterocycles. The summed E-state index contributed by atoms with van der Waals surface area (Å²) in [6.07, 6.45) is 1.13. The molecule has 0 amide bonds. The van der Waals surface area contributed by atoms with E-state index < -0.39 is 17.6 Å². The Balaban J connectivity index is 2.56. The molecule has 1 heterocycles. The van der Waals surface area contributed by atoms with E-state index >= 15 is 0 Å². The van der Waals surface area contributed by atoms with E-state index in [2.05, 4.69) is 4.98 Å². The van der Waals surface area contributed by atoms with Crippen LogP contribution in [0.25, 0.3) is 11.1 Å². The van der Waals surface area contributed by atoms with Gasteiger partial charge >= 0.3 is 0 Å². The third-order valence-electron chi connectivity index (χ3n) is 2.12. The molecule has 0 bridgehead atoms. The molecule has 0 atom stereocenters. The molecule has 0 fully saturated rings. The van der Waals surface area contributed by atoms with Crippen LogP contribution in [0.5, 0.6) is 0 Å². The maximum absolute atomic E-state index is 13.4. The number of rotatable bonds is 1. The largest absolute Gasteiger partial charge is 0.396 e. The average molecular weight is 224 g/mol. The van der Waals surface area contributed by atoms with Gasteiger partial charge < -0.3 is 5.73 Å². The van der Waals surface area contributed by atoms with E-state index in [0.717, 1.165) is 24.4 Å². The highest BCUT2D eigenvalue weighted by Crippen LogP contribution is 2.25. The lowest BCUT2D eigenvalue weighted by atomic mass is 10.1. The summed E-state index contributed by atoms with van der Waals surface area (Å²) in [5, 5.41) is 0. The molecule has 2 N–H and O–H groups in total. The number of halogens is 3. The van der Waals surface area contributed by atoms with Gasteiger partial charge in [-0.15, -0.1) is 0 Å². The molecular formula is C11H7F3N2. The monoisotopic (exact) mass is 224 g/mol. The number of hydrogen-bond donors (Lipinski definition) is 1. The second-order valence-corrected chi connectivity index (χ2v) is 3.22. The maximum Gasteiger partial charge on any atom is 0.212 e. The number of nitrogens with two attached hydrogens (primary N) is 1. The molecule has 16 heavy (non-hydrogen) atoms. The number of aromatic nitrogens is 1. The van der Waals surface area contributed by atoms with Crippen LogP contribution in [0.4, 0.5) is 18.9 Å². The zero-order chi connectivity index (χ0) is 11.7. The number of pyridine rings is 1. The first-order valence-electron chi connectivity index (χ1n) is 4.44. The minimum Gasteiger partial charge on any atom is -0.396 e. The van der Waals surface area contributed by atoms with E-state index in [1.165, 1.54) is 6.07 Å². The quantitative estimate of drug-likeness (QED) is 0.597. The van der Waals surface area contributed by atoms with Crippen molar-refractivity contribution < 1.29 is 13.2 Å². The molecule has 0 aliphatic rings. The van der Waals surface area contributed by atoms with E-state index in [1.807, 2.05) is 0 Å². The Morgan fingerprint density at radius 3 is 2.38 bits per heavy atom. The molecule has 0 aliphatic carbocycles. The first-order chi connectivity index (χ1) is 7.58. The van der Waals surface area contributed by atoms with E-state index in [9.17, 15) is 13.2 Å². The summed E-state index contributed by atoms with van der Waals surface area (Å²) in [6.45, 7) is 0. The molecule has 2 nitrogen and oxygen atoms in total. The SMILES string of the molecule is Nc1cc(F)c(-c2ccc(F)nc2)cc1F. The zero-order valence-corrected chi connectivity index (χ0v) is 8.05. The van der Waals surface area contributed by atoms with Crippen molar-refractivity contribution in [2.45, 2.75) is 0 Å². The first-order valence-corrected chi connectivity index (χ1v) is 4.44. The lowest BCUT2D eigenvalue weighted by Gasteiger charge is -2.05. The van der Waals surface area contributed by atoms with Crippen molar-refractivity contribution in [2.75, 3.05) is 5.73 Å². The van der Waals surface area contributed by atoms with Crippen molar-refractivity contribution >= 4 is 5.69 Å². The summed E-state index contributed by atoms with van der Waals surface area (Å²) in [5.41, 5.74) is 5.22. The van der Waals surface area contributed by atoms with Crippen molar-refractivity contribution in [3.8, 4) is 11.1 Å². The second kappa shape index (κ2) is 3.84. The average Bonchev–Trinajstić information content (AvgIpc) is 2.25. The molecule has 0 radical (unpaired) electrons. The highest BCUT2D eigenvalue weighted by Gasteiger charge is 2.10. The van der Waals surface area contributed by atoms with Gasteiger partial charge in [0.1, 0.15) is 11.6 Å². The topological polar surface area (TPSA) is 38.9 Å². The van der Waals surface area contributed by atoms with Crippen LogP contribution in [0.15, 0.2) is 30.5 Å². The first kappa shape index (κ1) is 10.5. The molecule has 1 aromatic heterocycles. The Hall–Kier alpha value is -2.04. The fourth-order valence-electron chi connectivity index (χ4n) is 1.32. The number of benzene rings is 1. The van der Waals surface area contributed by atoms with Gasteiger partial charge in [-0.25, -0.2) is 13.8 Å². The predicted octanol–water partition coefficient (Wildman–Crippen LogP) is 2.75. The summed E-state index contributed by atoms with van der Waals surface area (Å²) < 4.78 is 39.1. The van der Waals surface area contributed by atoms with Crippen molar-refractivity contribution in [1.29, 1.82) is 0 Å². The lowest BCUT2D eigenvalue weighted by Crippen LogP contribution is -1.95. The molecule has 0 saturated heterocycles. The van der Waals surface area contributed by atoms with Crippen LogP contribution < -0.4 is 5.73 Å². The van der Waals surface area contributed by atoms with Gasteiger partial charge in [-0.1, -0.05) is 0 Å². The van der Waals surface area contributed by atoms with E-state index in [4.69, 9.17) is 5.73 Å².